The number of nitrogen functional groups attached to an aromatic ring is 1. The number of hydrogen-bond donors (Lipinski definition) is 1. The number of piperidine rings is 1. The van der Waals surface area contributed by atoms with Crippen LogP contribution in [0.4, 0.5) is 14.5 Å². The average molecular weight is 283 g/mol. The highest BCUT2D eigenvalue weighted by molar-refractivity contribution is 5.95. The molecule has 6 heteroatoms. The molecule has 1 unspecified atom stereocenters. The molecule has 0 radical (unpaired) electrons. The van der Waals surface area contributed by atoms with Gasteiger partial charge < -0.3 is 15.5 Å². The summed E-state index contributed by atoms with van der Waals surface area (Å²) in [5, 5.41) is 0. The highest BCUT2D eigenvalue weighted by Gasteiger charge is 2.27. The van der Waals surface area contributed by atoms with E-state index in [1.54, 1.807) is 4.90 Å². The van der Waals surface area contributed by atoms with E-state index in [9.17, 15) is 13.6 Å². The quantitative estimate of drug-likeness (QED) is 0.841. The van der Waals surface area contributed by atoms with Crippen molar-refractivity contribution in [3.63, 3.8) is 0 Å². The first-order chi connectivity index (χ1) is 9.40. The summed E-state index contributed by atoms with van der Waals surface area (Å²) in [4.78, 5) is 15.9. The van der Waals surface area contributed by atoms with E-state index in [0.29, 0.717) is 13.1 Å². The third-order valence-corrected chi connectivity index (χ3v) is 3.71. The van der Waals surface area contributed by atoms with Crippen LogP contribution >= 0.6 is 0 Å². The molecule has 1 aliphatic rings. The first kappa shape index (κ1) is 14.7. The maximum absolute atomic E-state index is 13.9. The molecule has 2 rings (SSSR count). The van der Waals surface area contributed by atoms with E-state index in [2.05, 4.69) is 0 Å². The van der Waals surface area contributed by atoms with Crippen LogP contribution in [0.1, 0.15) is 23.2 Å². The van der Waals surface area contributed by atoms with Crippen molar-refractivity contribution >= 4 is 11.6 Å². The second-order valence-corrected chi connectivity index (χ2v) is 5.37. The summed E-state index contributed by atoms with van der Waals surface area (Å²) in [6.07, 6.45) is 1.84. The molecule has 0 aromatic heterocycles. The minimum atomic E-state index is -0.844. The minimum absolute atomic E-state index is 0.238. The Morgan fingerprint density at radius 1 is 1.40 bits per heavy atom. The number of hydrogen-bond acceptors (Lipinski definition) is 3. The van der Waals surface area contributed by atoms with E-state index in [1.165, 1.54) is 0 Å². The predicted octanol–water partition coefficient (Wildman–Crippen LogP) is 1.71. The number of carbonyl (C=O) groups excluding carboxylic acids is 1. The molecule has 1 aromatic rings. The van der Waals surface area contributed by atoms with Crippen molar-refractivity contribution in [3.8, 4) is 0 Å². The summed E-state index contributed by atoms with van der Waals surface area (Å²) >= 11 is 0. The number of nitrogens with two attached hydrogens (primary N) is 1. The molecule has 1 aromatic carbocycles. The van der Waals surface area contributed by atoms with Crippen LogP contribution in [0, 0.1) is 11.6 Å². The number of anilines is 1. The van der Waals surface area contributed by atoms with Gasteiger partial charge in [-0.3, -0.25) is 4.79 Å². The van der Waals surface area contributed by atoms with Crippen molar-refractivity contribution in [1.82, 2.24) is 9.80 Å². The summed E-state index contributed by atoms with van der Waals surface area (Å²) in [7, 11) is 3.89. The number of rotatable bonds is 2. The molecule has 2 N–H and O–H groups in total. The van der Waals surface area contributed by atoms with Gasteiger partial charge in [0.25, 0.3) is 5.91 Å². The zero-order chi connectivity index (χ0) is 14.9. The summed E-state index contributed by atoms with van der Waals surface area (Å²) in [6, 6.07) is 2.03. The number of amides is 1. The first-order valence-electron chi connectivity index (χ1n) is 6.60. The van der Waals surface area contributed by atoms with E-state index in [0.717, 1.165) is 25.0 Å². The molecule has 1 aliphatic heterocycles. The second-order valence-electron chi connectivity index (χ2n) is 5.37. The van der Waals surface area contributed by atoms with Gasteiger partial charge >= 0.3 is 0 Å². The van der Waals surface area contributed by atoms with Crippen molar-refractivity contribution in [3.05, 3.63) is 29.3 Å². The van der Waals surface area contributed by atoms with Crippen LogP contribution in [0.3, 0.4) is 0 Å². The Bertz CT molecular complexity index is 519. The number of halogens is 2. The highest BCUT2D eigenvalue weighted by atomic mass is 19.1. The molecule has 1 saturated heterocycles. The highest BCUT2D eigenvalue weighted by Crippen LogP contribution is 2.22. The number of likely N-dealkylation sites (tertiary alicyclic amines) is 1. The standard InChI is InChI=1S/C14H19F2N3O/c1-18(2)10-4-3-5-19(8-10)14(20)11-6-9(15)7-12(17)13(11)16/h6-7,10H,3-5,8,17H2,1-2H3. The lowest BCUT2D eigenvalue weighted by molar-refractivity contribution is 0.0630. The molecule has 0 aliphatic carbocycles. The monoisotopic (exact) mass is 283 g/mol. The Morgan fingerprint density at radius 2 is 2.10 bits per heavy atom. The third-order valence-electron chi connectivity index (χ3n) is 3.71. The van der Waals surface area contributed by atoms with Crippen LogP contribution in [-0.4, -0.2) is 48.9 Å². The van der Waals surface area contributed by atoms with Gasteiger partial charge in [-0.2, -0.15) is 0 Å². The zero-order valence-electron chi connectivity index (χ0n) is 11.7. The molecule has 0 saturated carbocycles. The lowest BCUT2D eigenvalue weighted by atomic mass is 10.0. The van der Waals surface area contributed by atoms with Crippen LogP contribution in [0.2, 0.25) is 0 Å². The fourth-order valence-corrected chi connectivity index (χ4v) is 2.50. The lowest BCUT2D eigenvalue weighted by Gasteiger charge is -2.36. The number of carbonyl (C=O) groups is 1. The second kappa shape index (κ2) is 5.75. The van der Waals surface area contributed by atoms with Gasteiger partial charge in [-0.15, -0.1) is 0 Å². The number of nitrogens with zero attached hydrogens (tertiary/aromatic N) is 2. The van der Waals surface area contributed by atoms with Crippen molar-refractivity contribution < 1.29 is 13.6 Å². The van der Waals surface area contributed by atoms with Gasteiger partial charge in [0.2, 0.25) is 0 Å². The summed E-state index contributed by atoms with van der Waals surface area (Å²) in [5.74, 6) is -2.04. The predicted molar refractivity (Wildman–Crippen MR) is 73.4 cm³/mol. The van der Waals surface area contributed by atoms with Crippen molar-refractivity contribution in [1.29, 1.82) is 0 Å². The molecular weight excluding hydrogens is 264 g/mol. The number of benzene rings is 1. The third kappa shape index (κ3) is 2.90. The Morgan fingerprint density at radius 3 is 2.75 bits per heavy atom. The molecule has 110 valence electrons. The maximum atomic E-state index is 13.9. The SMILES string of the molecule is CN(C)C1CCCN(C(=O)c2cc(F)cc(N)c2F)C1. The van der Waals surface area contributed by atoms with E-state index in [1.807, 2.05) is 19.0 Å². The van der Waals surface area contributed by atoms with E-state index in [-0.39, 0.29) is 17.3 Å². The maximum Gasteiger partial charge on any atom is 0.257 e. The Balaban J connectivity index is 2.23. The normalized spacial score (nSPS) is 19.4. The average Bonchev–Trinajstić information content (AvgIpc) is 2.42. The van der Waals surface area contributed by atoms with E-state index < -0.39 is 17.5 Å². The zero-order valence-corrected chi connectivity index (χ0v) is 11.7. The Hall–Kier alpha value is -1.69. The number of likely N-dealkylation sites (N-methyl/N-ethyl adjacent to an activating group) is 1. The van der Waals surface area contributed by atoms with Crippen LogP contribution < -0.4 is 5.73 Å². The van der Waals surface area contributed by atoms with Crippen LogP contribution in [0.25, 0.3) is 0 Å². The molecule has 1 heterocycles. The molecule has 0 spiro atoms. The van der Waals surface area contributed by atoms with E-state index in [4.69, 9.17) is 5.73 Å². The smallest absolute Gasteiger partial charge is 0.257 e. The van der Waals surface area contributed by atoms with Gasteiger partial charge in [0.15, 0.2) is 5.82 Å². The lowest BCUT2D eigenvalue weighted by Crippen LogP contribution is -2.47. The fourth-order valence-electron chi connectivity index (χ4n) is 2.50. The van der Waals surface area contributed by atoms with Gasteiger partial charge in [0.05, 0.1) is 11.3 Å². The minimum Gasteiger partial charge on any atom is -0.396 e. The van der Waals surface area contributed by atoms with Crippen LogP contribution in [0.15, 0.2) is 12.1 Å². The van der Waals surface area contributed by atoms with Crippen LogP contribution in [0.5, 0.6) is 0 Å². The van der Waals surface area contributed by atoms with Gasteiger partial charge in [0.1, 0.15) is 5.82 Å². The topological polar surface area (TPSA) is 49.6 Å². The molecule has 0 bridgehead atoms. The molecule has 1 atom stereocenters. The molecule has 1 fully saturated rings. The summed E-state index contributed by atoms with van der Waals surface area (Å²) in [6.45, 7) is 1.07. The molecule has 1 amide bonds. The van der Waals surface area contributed by atoms with Gasteiger partial charge in [-0.25, -0.2) is 8.78 Å². The fraction of sp³-hybridized carbons (Fsp3) is 0.500. The van der Waals surface area contributed by atoms with Crippen LogP contribution in [-0.2, 0) is 0 Å². The summed E-state index contributed by atoms with van der Waals surface area (Å²) in [5.41, 5.74) is 4.74. The molecule has 4 nitrogen and oxygen atoms in total. The van der Waals surface area contributed by atoms with Crippen molar-refractivity contribution in [2.75, 3.05) is 32.9 Å². The largest absolute Gasteiger partial charge is 0.396 e. The molecular formula is C14H19F2N3O. The molecule has 20 heavy (non-hydrogen) atoms. The van der Waals surface area contributed by atoms with Gasteiger partial charge in [-0.05, 0) is 39.1 Å². The van der Waals surface area contributed by atoms with Crippen molar-refractivity contribution in [2.45, 2.75) is 18.9 Å². The van der Waals surface area contributed by atoms with Gasteiger partial charge in [-0.1, -0.05) is 0 Å². The first-order valence-corrected chi connectivity index (χ1v) is 6.60. The Labute approximate surface area is 117 Å². The summed E-state index contributed by atoms with van der Waals surface area (Å²) < 4.78 is 27.2. The van der Waals surface area contributed by atoms with Crippen molar-refractivity contribution in [2.24, 2.45) is 0 Å². The van der Waals surface area contributed by atoms with Gasteiger partial charge in [0, 0.05) is 19.1 Å². The Kier molecular flexibility index (Phi) is 4.23. The van der Waals surface area contributed by atoms with E-state index >= 15 is 0 Å².